The third kappa shape index (κ3) is 5.85. The molecule has 7 heteroatoms. The number of phenols is 1. The van der Waals surface area contributed by atoms with E-state index in [0.717, 1.165) is 25.1 Å². The number of carbonyl (C=O) groups is 2. The number of nitrogens with one attached hydrogen (secondary N) is 1. The molecule has 6 nitrogen and oxygen atoms in total. The van der Waals surface area contributed by atoms with Gasteiger partial charge in [0.2, 0.25) is 5.91 Å². The number of aliphatic carboxylic acids is 1. The molecule has 0 aliphatic carbocycles. The lowest BCUT2D eigenvalue weighted by atomic mass is 9.68. The number of carboxylic acid groups (broad SMARTS) is 1. The van der Waals surface area contributed by atoms with E-state index in [0.29, 0.717) is 18.0 Å². The molecular weight excluding hydrogens is 411 g/mol. The second-order valence-electron chi connectivity index (χ2n) is 8.96. The topological polar surface area (TPSA) is 89.9 Å². The normalized spacial score (nSPS) is 22.3. The second kappa shape index (κ2) is 10.1. The number of halogens is 1. The van der Waals surface area contributed by atoms with E-state index in [1.165, 1.54) is 24.3 Å². The van der Waals surface area contributed by atoms with Crippen LogP contribution in [0.25, 0.3) is 0 Å². The summed E-state index contributed by atoms with van der Waals surface area (Å²) in [5, 5.41) is 21.9. The number of amides is 1. The van der Waals surface area contributed by atoms with Gasteiger partial charge in [0.25, 0.3) is 0 Å². The van der Waals surface area contributed by atoms with Gasteiger partial charge in [0.05, 0.1) is 0 Å². The summed E-state index contributed by atoms with van der Waals surface area (Å²) in [4.78, 5) is 26.2. The lowest BCUT2D eigenvalue weighted by Gasteiger charge is -2.45. The van der Waals surface area contributed by atoms with Crippen LogP contribution in [-0.4, -0.2) is 52.7 Å². The van der Waals surface area contributed by atoms with Gasteiger partial charge in [-0.2, -0.15) is 0 Å². The number of hydrogen-bond donors (Lipinski definition) is 3. The van der Waals surface area contributed by atoms with Crippen LogP contribution in [0.5, 0.6) is 5.75 Å². The molecule has 1 saturated heterocycles. The smallest absolute Gasteiger partial charge is 0.326 e. The van der Waals surface area contributed by atoms with Crippen LogP contribution in [-0.2, 0) is 21.4 Å². The van der Waals surface area contributed by atoms with Gasteiger partial charge >= 0.3 is 5.97 Å². The number of hydrogen-bond acceptors (Lipinski definition) is 4. The van der Waals surface area contributed by atoms with E-state index in [2.05, 4.69) is 24.1 Å². The highest BCUT2D eigenvalue weighted by molar-refractivity contribution is 5.83. The van der Waals surface area contributed by atoms with Crippen LogP contribution in [0.15, 0.2) is 48.5 Å². The lowest BCUT2D eigenvalue weighted by molar-refractivity contribution is -0.141. The van der Waals surface area contributed by atoms with Gasteiger partial charge in [-0.1, -0.05) is 38.1 Å². The van der Waals surface area contributed by atoms with Crippen molar-refractivity contribution in [1.29, 1.82) is 0 Å². The zero-order chi connectivity index (χ0) is 23.3. The number of piperidine rings is 1. The number of nitrogens with zero attached hydrogens (tertiary/aromatic N) is 1. The highest BCUT2D eigenvalue weighted by Gasteiger charge is 2.38. The maximum absolute atomic E-state index is 13.1. The molecule has 0 aromatic heterocycles. The first-order valence-electron chi connectivity index (χ1n) is 11.0. The Kier molecular flexibility index (Phi) is 7.51. The first kappa shape index (κ1) is 23.7. The molecule has 0 saturated carbocycles. The van der Waals surface area contributed by atoms with E-state index in [9.17, 15) is 24.2 Å². The van der Waals surface area contributed by atoms with Crippen LogP contribution >= 0.6 is 0 Å². The van der Waals surface area contributed by atoms with Gasteiger partial charge in [-0.3, -0.25) is 4.79 Å². The number of aromatic hydroxyl groups is 1. The minimum absolute atomic E-state index is 0.0545. The SMILES string of the molecule is C[C@H]1CN(CCC(=O)N[C@H](Cc2ccc(F)cc2)C(=O)O)CC[C@@]1(C)c1cccc(O)c1. The van der Waals surface area contributed by atoms with E-state index < -0.39 is 12.0 Å². The molecule has 2 aromatic carbocycles. The van der Waals surface area contributed by atoms with Crippen LogP contribution in [0.4, 0.5) is 4.39 Å². The van der Waals surface area contributed by atoms with Crippen molar-refractivity contribution in [2.75, 3.05) is 19.6 Å². The van der Waals surface area contributed by atoms with Gasteiger partial charge in [-0.15, -0.1) is 0 Å². The number of benzene rings is 2. The summed E-state index contributed by atoms with van der Waals surface area (Å²) in [5.74, 6) is -1.22. The van der Waals surface area contributed by atoms with Gasteiger partial charge in [0.1, 0.15) is 17.6 Å². The molecule has 3 N–H and O–H groups in total. The minimum atomic E-state index is -1.11. The van der Waals surface area contributed by atoms with Crippen molar-refractivity contribution in [3.05, 3.63) is 65.5 Å². The van der Waals surface area contributed by atoms with Gasteiger partial charge in [0, 0.05) is 25.9 Å². The van der Waals surface area contributed by atoms with Crippen molar-refractivity contribution in [2.45, 2.75) is 44.6 Å². The number of phenolic OH excluding ortho intramolecular Hbond substituents is 1. The Morgan fingerprint density at radius 3 is 2.59 bits per heavy atom. The fourth-order valence-corrected chi connectivity index (χ4v) is 4.39. The third-order valence-corrected chi connectivity index (χ3v) is 6.71. The standard InChI is InChI=1S/C25H31FN2O4/c1-17-16-28(13-11-25(17,2)19-4-3-5-21(29)15-19)12-10-23(30)27-22(24(31)32)14-18-6-8-20(26)9-7-18/h3-9,15,17,22,29H,10-14,16H2,1-2H3,(H,27,30)(H,31,32)/t17-,22+,25+/m0/s1. The van der Waals surface area contributed by atoms with Crippen molar-refractivity contribution in [1.82, 2.24) is 10.2 Å². The van der Waals surface area contributed by atoms with Crippen LogP contribution in [0.3, 0.4) is 0 Å². The highest BCUT2D eigenvalue weighted by Crippen LogP contribution is 2.40. The maximum atomic E-state index is 13.1. The zero-order valence-electron chi connectivity index (χ0n) is 18.6. The molecule has 1 aliphatic heterocycles. The number of carbonyl (C=O) groups excluding carboxylic acids is 1. The average molecular weight is 443 g/mol. The van der Waals surface area contributed by atoms with Gasteiger partial charge < -0.3 is 20.4 Å². The number of likely N-dealkylation sites (tertiary alicyclic amines) is 1. The Hall–Kier alpha value is -2.93. The Bertz CT molecular complexity index is 949. The Morgan fingerprint density at radius 1 is 1.25 bits per heavy atom. The summed E-state index contributed by atoms with van der Waals surface area (Å²) in [7, 11) is 0. The fraction of sp³-hybridized carbons (Fsp3) is 0.440. The average Bonchev–Trinajstić information content (AvgIpc) is 2.75. The molecule has 1 heterocycles. The molecule has 0 unspecified atom stereocenters. The first-order valence-corrected chi connectivity index (χ1v) is 11.0. The molecule has 3 atom stereocenters. The monoisotopic (exact) mass is 442 g/mol. The number of rotatable bonds is 8. The van der Waals surface area contributed by atoms with E-state index in [4.69, 9.17) is 0 Å². The quantitative estimate of drug-likeness (QED) is 0.584. The molecule has 1 fully saturated rings. The summed E-state index contributed by atoms with van der Waals surface area (Å²) in [6.45, 7) is 6.58. The van der Waals surface area contributed by atoms with Gasteiger partial charge in [0.15, 0.2) is 0 Å². The van der Waals surface area contributed by atoms with Crippen molar-refractivity contribution in [3.8, 4) is 5.75 Å². The summed E-state index contributed by atoms with van der Waals surface area (Å²) in [6, 6.07) is 12.0. The van der Waals surface area contributed by atoms with Crippen LogP contribution in [0.2, 0.25) is 0 Å². The molecule has 0 spiro atoms. The van der Waals surface area contributed by atoms with E-state index in [1.807, 2.05) is 18.2 Å². The molecule has 0 bridgehead atoms. The van der Waals surface area contributed by atoms with Crippen LogP contribution in [0, 0.1) is 11.7 Å². The molecule has 172 valence electrons. The third-order valence-electron chi connectivity index (χ3n) is 6.71. The second-order valence-corrected chi connectivity index (χ2v) is 8.96. The first-order chi connectivity index (χ1) is 15.2. The summed E-state index contributed by atoms with van der Waals surface area (Å²) >= 11 is 0. The summed E-state index contributed by atoms with van der Waals surface area (Å²) in [6.07, 6.45) is 1.22. The fourth-order valence-electron chi connectivity index (χ4n) is 4.39. The molecular formula is C25H31FN2O4. The summed E-state index contributed by atoms with van der Waals surface area (Å²) in [5.41, 5.74) is 1.71. The van der Waals surface area contributed by atoms with E-state index in [-0.39, 0.29) is 35.7 Å². The summed E-state index contributed by atoms with van der Waals surface area (Å²) < 4.78 is 13.1. The van der Waals surface area contributed by atoms with Gasteiger partial charge in [-0.25, -0.2) is 9.18 Å². The molecule has 32 heavy (non-hydrogen) atoms. The predicted octanol–water partition coefficient (Wildman–Crippen LogP) is 3.33. The maximum Gasteiger partial charge on any atom is 0.326 e. The minimum Gasteiger partial charge on any atom is -0.508 e. The Balaban J connectivity index is 1.51. The van der Waals surface area contributed by atoms with Crippen molar-refractivity contribution >= 4 is 11.9 Å². The Morgan fingerprint density at radius 2 is 1.97 bits per heavy atom. The zero-order valence-corrected chi connectivity index (χ0v) is 18.6. The molecule has 0 radical (unpaired) electrons. The molecule has 3 rings (SSSR count). The largest absolute Gasteiger partial charge is 0.508 e. The lowest BCUT2D eigenvalue weighted by Crippen LogP contribution is -2.48. The number of carboxylic acids is 1. The van der Waals surface area contributed by atoms with Crippen LogP contribution in [0.1, 0.15) is 37.8 Å². The van der Waals surface area contributed by atoms with E-state index in [1.54, 1.807) is 6.07 Å². The molecule has 2 aromatic rings. The predicted molar refractivity (Wildman–Crippen MR) is 120 cm³/mol. The van der Waals surface area contributed by atoms with Crippen LogP contribution < -0.4 is 5.32 Å². The molecule has 1 amide bonds. The highest BCUT2D eigenvalue weighted by atomic mass is 19.1. The van der Waals surface area contributed by atoms with E-state index >= 15 is 0 Å². The van der Waals surface area contributed by atoms with Crippen molar-refractivity contribution < 1.29 is 24.2 Å². The van der Waals surface area contributed by atoms with Gasteiger partial charge in [-0.05, 0) is 59.7 Å². The Labute approximate surface area is 188 Å². The van der Waals surface area contributed by atoms with Crippen molar-refractivity contribution in [3.63, 3.8) is 0 Å². The van der Waals surface area contributed by atoms with Crippen molar-refractivity contribution in [2.24, 2.45) is 5.92 Å². The molecule has 1 aliphatic rings.